The van der Waals surface area contributed by atoms with Crippen molar-refractivity contribution in [2.45, 2.75) is 30.6 Å². The number of nitrogens with two attached hydrogens (primary N) is 1. The van der Waals surface area contributed by atoms with Crippen molar-refractivity contribution < 1.29 is 4.79 Å². The van der Waals surface area contributed by atoms with Crippen molar-refractivity contribution in [2.24, 2.45) is 5.73 Å². The highest BCUT2D eigenvalue weighted by Gasteiger charge is 2.25. The van der Waals surface area contributed by atoms with Crippen LogP contribution in [0, 0.1) is 11.8 Å². The average molecular weight is 294 g/mol. The third kappa shape index (κ3) is 4.00. The molecule has 3 nitrogen and oxygen atoms in total. The van der Waals surface area contributed by atoms with Gasteiger partial charge in [0, 0.05) is 16.7 Å². The molecule has 2 unspecified atom stereocenters. The third-order valence-electron chi connectivity index (χ3n) is 3.23. The first-order valence-corrected chi connectivity index (χ1v) is 8.50. The smallest absolute Gasteiger partial charge is 0.252 e. The lowest BCUT2D eigenvalue weighted by Crippen LogP contribution is -2.32. The zero-order valence-electron chi connectivity index (χ0n) is 10.9. The molecule has 1 fully saturated rings. The highest BCUT2D eigenvalue weighted by atomic mass is 32.2. The normalized spacial score (nSPS) is 21.8. The van der Waals surface area contributed by atoms with E-state index >= 15 is 0 Å². The average Bonchev–Trinajstić information content (AvgIpc) is 3.04. The number of nitrogens with one attached hydrogen (secondary N) is 1. The molecule has 1 saturated carbocycles. The summed E-state index contributed by atoms with van der Waals surface area (Å²) in [5.74, 6) is 5.76. The lowest BCUT2D eigenvalue weighted by molar-refractivity contribution is 0.0938. The van der Waals surface area contributed by atoms with Crippen molar-refractivity contribution in [3.63, 3.8) is 0 Å². The predicted octanol–water partition coefficient (Wildman–Crippen LogP) is 2.07. The maximum Gasteiger partial charge on any atom is 0.252 e. The van der Waals surface area contributed by atoms with E-state index in [9.17, 15) is 4.79 Å². The molecule has 0 aromatic carbocycles. The molecule has 1 aromatic heterocycles. The van der Waals surface area contributed by atoms with Gasteiger partial charge in [-0.15, -0.1) is 11.3 Å². The molecule has 1 aliphatic rings. The predicted molar refractivity (Wildman–Crippen MR) is 82.7 cm³/mol. The van der Waals surface area contributed by atoms with Gasteiger partial charge in [0.1, 0.15) is 0 Å². The summed E-state index contributed by atoms with van der Waals surface area (Å²) in [6, 6.07) is 2.16. The Labute approximate surface area is 122 Å². The number of thioether (sulfide) groups is 1. The number of carbonyl (C=O) groups excluding carboxylic acids is 1. The summed E-state index contributed by atoms with van der Waals surface area (Å²) in [7, 11) is 0. The van der Waals surface area contributed by atoms with Gasteiger partial charge in [-0.2, -0.15) is 11.8 Å². The van der Waals surface area contributed by atoms with Gasteiger partial charge in [0.05, 0.1) is 17.0 Å². The Bertz CT molecular complexity index is 501. The van der Waals surface area contributed by atoms with Crippen molar-refractivity contribution in [1.82, 2.24) is 5.32 Å². The molecule has 1 heterocycles. The van der Waals surface area contributed by atoms with Crippen LogP contribution in [-0.2, 0) is 0 Å². The Hall–Kier alpha value is -0.960. The third-order valence-corrected chi connectivity index (χ3v) is 5.17. The fourth-order valence-corrected chi connectivity index (χ4v) is 3.76. The van der Waals surface area contributed by atoms with Crippen molar-refractivity contribution in [3.8, 4) is 11.8 Å². The second kappa shape index (κ2) is 6.99. The molecule has 0 bridgehead atoms. The molecule has 5 heteroatoms. The maximum absolute atomic E-state index is 12.1. The summed E-state index contributed by atoms with van der Waals surface area (Å²) in [5.41, 5.74) is 6.04. The molecule has 1 aliphatic carbocycles. The zero-order valence-corrected chi connectivity index (χ0v) is 12.6. The largest absolute Gasteiger partial charge is 0.349 e. The quantitative estimate of drug-likeness (QED) is 0.839. The molecular formula is C14H18N2OS2. The highest BCUT2D eigenvalue weighted by molar-refractivity contribution is 7.99. The number of carbonyl (C=O) groups is 1. The van der Waals surface area contributed by atoms with E-state index < -0.39 is 0 Å². The lowest BCUT2D eigenvalue weighted by Gasteiger charge is -2.11. The summed E-state index contributed by atoms with van der Waals surface area (Å²) in [4.78, 5) is 13.0. The molecule has 19 heavy (non-hydrogen) atoms. The van der Waals surface area contributed by atoms with Crippen LogP contribution >= 0.6 is 23.1 Å². The summed E-state index contributed by atoms with van der Waals surface area (Å²) < 4.78 is 0. The van der Waals surface area contributed by atoms with E-state index in [0.29, 0.717) is 23.4 Å². The van der Waals surface area contributed by atoms with E-state index in [4.69, 9.17) is 5.73 Å². The van der Waals surface area contributed by atoms with Crippen LogP contribution < -0.4 is 11.1 Å². The van der Waals surface area contributed by atoms with Crippen molar-refractivity contribution in [3.05, 3.63) is 21.9 Å². The van der Waals surface area contributed by atoms with E-state index in [1.165, 1.54) is 17.8 Å². The van der Waals surface area contributed by atoms with Gasteiger partial charge in [0.15, 0.2) is 0 Å². The van der Waals surface area contributed by atoms with Crippen molar-refractivity contribution in [2.75, 3.05) is 12.8 Å². The van der Waals surface area contributed by atoms with E-state index in [0.717, 1.165) is 17.7 Å². The van der Waals surface area contributed by atoms with Crippen LogP contribution in [0.25, 0.3) is 0 Å². The van der Waals surface area contributed by atoms with Gasteiger partial charge < -0.3 is 11.1 Å². The Balaban J connectivity index is 1.91. The summed E-state index contributed by atoms with van der Waals surface area (Å²) in [6.45, 7) is 0.345. The second-order valence-corrected chi connectivity index (χ2v) is 6.60. The van der Waals surface area contributed by atoms with Gasteiger partial charge in [-0.05, 0) is 31.6 Å². The van der Waals surface area contributed by atoms with Gasteiger partial charge >= 0.3 is 0 Å². The Morgan fingerprint density at radius 1 is 1.63 bits per heavy atom. The first kappa shape index (κ1) is 14.4. The molecule has 0 spiro atoms. The standard InChI is InChI=1S/C14H18N2OS2/c1-18-12-5-4-11(8-12)16-14(17)10-7-13(19-9-10)3-2-6-15/h7,9,11-12H,4-6,8,15H2,1H3,(H,16,17). The second-order valence-electron chi connectivity index (χ2n) is 4.55. The number of rotatable bonds is 3. The lowest BCUT2D eigenvalue weighted by atomic mass is 10.2. The van der Waals surface area contributed by atoms with Crippen LogP contribution in [0.3, 0.4) is 0 Å². The molecule has 0 radical (unpaired) electrons. The van der Waals surface area contributed by atoms with Gasteiger partial charge in [-0.1, -0.05) is 11.8 Å². The van der Waals surface area contributed by atoms with E-state index in [1.54, 1.807) is 0 Å². The highest BCUT2D eigenvalue weighted by Crippen LogP contribution is 2.28. The monoisotopic (exact) mass is 294 g/mol. The molecule has 2 atom stereocenters. The minimum absolute atomic E-state index is 0.0174. The number of thiophene rings is 1. The number of hydrogen-bond acceptors (Lipinski definition) is 4. The first-order chi connectivity index (χ1) is 9.22. The minimum Gasteiger partial charge on any atom is -0.349 e. The fraction of sp³-hybridized carbons (Fsp3) is 0.500. The molecular weight excluding hydrogens is 276 g/mol. The van der Waals surface area contributed by atoms with Crippen LogP contribution in [0.4, 0.5) is 0 Å². The summed E-state index contributed by atoms with van der Waals surface area (Å²) in [5, 5.41) is 5.66. The van der Waals surface area contributed by atoms with Gasteiger partial charge in [0.25, 0.3) is 5.91 Å². The number of hydrogen-bond donors (Lipinski definition) is 2. The Morgan fingerprint density at radius 3 is 3.16 bits per heavy atom. The van der Waals surface area contributed by atoms with E-state index in [-0.39, 0.29) is 5.91 Å². The van der Waals surface area contributed by atoms with Crippen LogP contribution in [0.5, 0.6) is 0 Å². The van der Waals surface area contributed by atoms with Gasteiger partial charge in [0.2, 0.25) is 0 Å². The number of amides is 1. The molecule has 0 aliphatic heterocycles. The van der Waals surface area contributed by atoms with Crippen LogP contribution in [0.15, 0.2) is 11.4 Å². The molecule has 1 aromatic rings. The van der Waals surface area contributed by atoms with Crippen LogP contribution in [-0.4, -0.2) is 30.0 Å². The van der Waals surface area contributed by atoms with Crippen LogP contribution in [0.1, 0.15) is 34.5 Å². The van der Waals surface area contributed by atoms with Gasteiger partial charge in [-0.3, -0.25) is 4.79 Å². The topological polar surface area (TPSA) is 55.1 Å². The van der Waals surface area contributed by atoms with Gasteiger partial charge in [-0.25, -0.2) is 0 Å². The summed E-state index contributed by atoms with van der Waals surface area (Å²) >= 11 is 3.38. The molecule has 0 saturated heterocycles. The fourth-order valence-electron chi connectivity index (χ4n) is 2.21. The Morgan fingerprint density at radius 2 is 2.47 bits per heavy atom. The summed E-state index contributed by atoms with van der Waals surface area (Å²) in [6.07, 6.45) is 5.50. The maximum atomic E-state index is 12.1. The SMILES string of the molecule is CSC1CCC(NC(=O)c2csc(C#CCN)c2)C1. The Kier molecular flexibility index (Phi) is 5.32. The zero-order chi connectivity index (χ0) is 13.7. The van der Waals surface area contributed by atoms with E-state index in [1.807, 2.05) is 23.2 Å². The molecule has 3 N–H and O–H groups in total. The van der Waals surface area contributed by atoms with E-state index in [2.05, 4.69) is 23.4 Å². The molecule has 102 valence electrons. The first-order valence-electron chi connectivity index (χ1n) is 6.34. The molecule has 2 rings (SSSR count). The van der Waals surface area contributed by atoms with Crippen molar-refractivity contribution in [1.29, 1.82) is 0 Å². The van der Waals surface area contributed by atoms with Crippen molar-refractivity contribution >= 4 is 29.0 Å². The van der Waals surface area contributed by atoms with Crippen LogP contribution in [0.2, 0.25) is 0 Å². The minimum atomic E-state index is 0.0174. The molecule has 1 amide bonds.